The van der Waals surface area contributed by atoms with E-state index in [1.165, 1.54) is 19.3 Å². The minimum absolute atomic E-state index is 0.204. The average Bonchev–Trinajstić information content (AvgIpc) is 2.46. The lowest BCUT2D eigenvalue weighted by molar-refractivity contribution is -0.135. The first-order valence-electron chi connectivity index (χ1n) is 7.03. The minimum atomic E-state index is -0.362. The summed E-state index contributed by atoms with van der Waals surface area (Å²) in [7, 11) is 0. The van der Waals surface area contributed by atoms with Gasteiger partial charge in [-0.3, -0.25) is 4.79 Å². The average molecular weight is 246 g/mol. The van der Waals surface area contributed by atoms with E-state index < -0.39 is 0 Å². The summed E-state index contributed by atoms with van der Waals surface area (Å²) in [6.45, 7) is 2.53. The molecule has 1 fully saturated rings. The number of Topliss-reactive ketones (excluding diaryl/α,β-unsaturated/α-hetero) is 1. The van der Waals surface area contributed by atoms with E-state index in [1.807, 2.05) is 37.3 Å². The van der Waals surface area contributed by atoms with Crippen LogP contribution in [0.5, 0.6) is 0 Å². The summed E-state index contributed by atoms with van der Waals surface area (Å²) in [5.74, 6) is 0.484. The topological polar surface area (TPSA) is 26.3 Å². The van der Waals surface area contributed by atoms with Crippen LogP contribution >= 0.6 is 0 Å². The predicted octanol–water partition coefficient (Wildman–Crippen LogP) is 3.91. The molecule has 0 saturated heterocycles. The second-order valence-corrected chi connectivity index (χ2v) is 4.98. The van der Waals surface area contributed by atoms with Crippen molar-refractivity contribution < 1.29 is 9.53 Å². The van der Waals surface area contributed by atoms with Crippen LogP contribution in [0.25, 0.3) is 0 Å². The molecule has 0 amide bonds. The second-order valence-electron chi connectivity index (χ2n) is 4.98. The number of carbonyl (C=O) groups excluding carboxylic acids is 1. The van der Waals surface area contributed by atoms with Gasteiger partial charge in [-0.2, -0.15) is 0 Å². The fourth-order valence-corrected chi connectivity index (χ4v) is 2.74. The van der Waals surface area contributed by atoms with Crippen LogP contribution in [0.3, 0.4) is 0 Å². The van der Waals surface area contributed by atoms with E-state index in [0.29, 0.717) is 6.61 Å². The maximum Gasteiger partial charge on any atom is 0.169 e. The lowest BCUT2D eigenvalue weighted by Gasteiger charge is -2.25. The smallest absolute Gasteiger partial charge is 0.169 e. The predicted molar refractivity (Wildman–Crippen MR) is 72.4 cm³/mol. The summed E-state index contributed by atoms with van der Waals surface area (Å²) in [4.78, 5) is 12.6. The highest BCUT2D eigenvalue weighted by Gasteiger charge is 2.29. The first kappa shape index (κ1) is 13.3. The molecule has 1 unspecified atom stereocenters. The molecule has 18 heavy (non-hydrogen) atoms. The Kier molecular flexibility index (Phi) is 4.94. The van der Waals surface area contributed by atoms with Gasteiger partial charge in [0.15, 0.2) is 5.78 Å². The first-order chi connectivity index (χ1) is 8.83. The van der Waals surface area contributed by atoms with E-state index in [0.717, 1.165) is 18.4 Å². The van der Waals surface area contributed by atoms with Crippen LogP contribution in [0.4, 0.5) is 0 Å². The molecule has 0 radical (unpaired) electrons. The van der Waals surface area contributed by atoms with Crippen molar-refractivity contribution in [3.05, 3.63) is 35.9 Å². The Hall–Kier alpha value is -1.15. The van der Waals surface area contributed by atoms with Gasteiger partial charge in [0.1, 0.15) is 6.10 Å². The van der Waals surface area contributed by atoms with Gasteiger partial charge in [0.05, 0.1) is 0 Å². The Balaban J connectivity index is 2.11. The molecule has 0 heterocycles. The van der Waals surface area contributed by atoms with Crippen molar-refractivity contribution in [2.24, 2.45) is 5.92 Å². The van der Waals surface area contributed by atoms with E-state index >= 15 is 0 Å². The highest BCUT2D eigenvalue weighted by atomic mass is 16.5. The Labute approximate surface area is 109 Å². The van der Waals surface area contributed by atoms with E-state index in [-0.39, 0.29) is 17.8 Å². The third-order valence-electron chi connectivity index (χ3n) is 3.70. The lowest BCUT2D eigenvalue weighted by Crippen LogP contribution is -2.26. The first-order valence-corrected chi connectivity index (χ1v) is 7.03. The van der Waals surface area contributed by atoms with Gasteiger partial charge in [-0.15, -0.1) is 0 Å². The zero-order chi connectivity index (χ0) is 12.8. The van der Waals surface area contributed by atoms with E-state index in [1.54, 1.807) is 0 Å². The van der Waals surface area contributed by atoms with Crippen molar-refractivity contribution in [2.75, 3.05) is 6.61 Å². The van der Waals surface area contributed by atoms with Crippen molar-refractivity contribution in [3.8, 4) is 0 Å². The molecule has 2 rings (SSSR count). The van der Waals surface area contributed by atoms with Gasteiger partial charge in [-0.05, 0) is 25.3 Å². The SMILES string of the molecule is CCOC(C(=O)C1CCCCC1)c1ccccc1. The molecule has 1 aromatic rings. The molecule has 1 aliphatic rings. The Morgan fingerprint density at radius 1 is 1.22 bits per heavy atom. The molecule has 2 nitrogen and oxygen atoms in total. The zero-order valence-electron chi connectivity index (χ0n) is 11.1. The molecule has 1 aliphatic carbocycles. The minimum Gasteiger partial charge on any atom is -0.366 e. The van der Waals surface area contributed by atoms with Gasteiger partial charge in [-0.1, -0.05) is 49.6 Å². The molecule has 1 saturated carbocycles. The molecular formula is C16H22O2. The second kappa shape index (κ2) is 6.69. The summed E-state index contributed by atoms with van der Waals surface area (Å²) in [6.07, 6.45) is 5.35. The van der Waals surface area contributed by atoms with Crippen LogP contribution in [0.2, 0.25) is 0 Å². The molecule has 98 valence electrons. The van der Waals surface area contributed by atoms with Crippen molar-refractivity contribution in [2.45, 2.75) is 45.1 Å². The molecule has 0 bridgehead atoms. The highest BCUT2D eigenvalue weighted by Crippen LogP contribution is 2.30. The molecule has 0 aromatic heterocycles. The van der Waals surface area contributed by atoms with Gasteiger partial charge in [-0.25, -0.2) is 0 Å². The third kappa shape index (κ3) is 3.20. The normalized spacial score (nSPS) is 18.5. The van der Waals surface area contributed by atoms with Gasteiger partial charge in [0, 0.05) is 12.5 Å². The molecule has 1 atom stereocenters. The van der Waals surface area contributed by atoms with E-state index in [9.17, 15) is 4.79 Å². The number of carbonyl (C=O) groups is 1. The Morgan fingerprint density at radius 2 is 1.89 bits per heavy atom. The monoisotopic (exact) mass is 246 g/mol. The lowest BCUT2D eigenvalue weighted by atomic mass is 9.83. The summed E-state index contributed by atoms with van der Waals surface area (Å²) in [5, 5.41) is 0. The Morgan fingerprint density at radius 3 is 2.50 bits per heavy atom. The zero-order valence-corrected chi connectivity index (χ0v) is 11.1. The van der Waals surface area contributed by atoms with Crippen molar-refractivity contribution in [3.63, 3.8) is 0 Å². The number of ether oxygens (including phenoxy) is 1. The van der Waals surface area contributed by atoms with Crippen LogP contribution < -0.4 is 0 Å². The summed E-state index contributed by atoms with van der Waals surface area (Å²) in [5.41, 5.74) is 0.995. The quantitative estimate of drug-likeness (QED) is 0.787. The van der Waals surface area contributed by atoms with Gasteiger partial charge in [0.2, 0.25) is 0 Å². The molecule has 0 aliphatic heterocycles. The molecule has 2 heteroatoms. The van der Waals surface area contributed by atoms with Crippen molar-refractivity contribution in [1.29, 1.82) is 0 Å². The van der Waals surface area contributed by atoms with Crippen LogP contribution in [0.1, 0.15) is 50.7 Å². The van der Waals surface area contributed by atoms with Gasteiger partial charge < -0.3 is 4.74 Å². The highest BCUT2D eigenvalue weighted by molar-refractivity contribution is 5.86. The summed E-state index contributed by atoms with van der Waals surface area (Å²) >= 11 is 0. The van der Waals surface area contributed by atoms with Crippen LogP contribution in [-0.2, 0) is 9.53 Å². The number of hydrogen-bond donors (Lipinski definition) is 0. The van der Waals surface area contributed by atoms with Gasteiger partial charge >= 0.3 is 0 Å². The number of ketones is 1. The fourth-order valence-electron chi connectivity index (χ4n) is 2.74. The van der Waals surface area contributed by atoms with E-state index in [2.05, 4.69) is 0 Å². The molecule has 0 spiro atoms. The maximum atomic E-state index is 12.6. The molecular weight excluding hydrogens is 224 g/mol. The summed E-state index contributed by atoms with van der Waals surface area (Å²) < 4.78 is 5.69. The third-order valence-corrected chi connectivity index (χ3v) is 3.70. The van der Waals surface area contributed by atoms with Crippen molar-refractivity contribution >= 4 is 5.78 Å². The van der Waals surface area contributed by atoms with Crippen LogP contribution in [-0.4, -0.2) is 12.4 Å². The number of rotatable bonds is 5. The maximum absolute atomic E-state index is 12.6. The number of benzene rings is 1. The van der Waals surface area contributed by atoms with E-state index in [4.69, 9.17) is 4.74 Å². The summed E-state index contributed by atoms with van der Waals surface area (Å²) in [6, 6.07) is 9.88. The van der Waals surface area contributed by atoms with Crippen molar-refractivity contribution in [1.82, 2.24) is 0 Å². The fraction of sp³-hybridized carbons (Fsp3) is 0.562. The Bertz CT molecular complexity index is 366. The standard InChI is InChI=1S/C16H22O2/c1-2-18-16(14-11-7-4-8-12-14)15(17)13-9-5-3-6-10-13/h4,7-8,11-13,16H,2-3,5-6,9-10H2,1H3. The largest absolute Gasteiger partial charge is 0.366 e. The van der Waals surface area contributed by atoms with Gasteiger partial charge in [0.25, 0.3) is 0 Å². The molecule has 1 aromatic carbocycles. The van der Waals surface area contributed by atoms with Crippen LogP contribution in [0.15, 0.2) is 30.3 Å². The van der Waals surface area contributed by atoms with Crippen LogP contribution in [0, 0.1) is 5.92 Å². The molecule has 0 N–H and O–H groups in total. The number of hydrogen-bond acceptors (Lipinski definition) is 2.